The van der Waals surface area contributed by atoms with Crippen LogP contribution >= 0.6 is 0 Å². The Bertz CT molecular complexity index is 721. The van der Waals surface area contributed by atoms with Gasteiger partial charge in [-0.1, -0.05) is 48.5 Å². The van der Waals surface area contributed by atoms with E-state index in [1.165, 1.54) is 0 Å². The zero-order valence-corrected chi connectivity index (χ0v) is 12.7. The predicted molar refractivity (Wildman–Crippen MR) is 90.4 cm³/mol. The van der Waals surface area contributed by atoms with Crippen molar-refractivity contribution in [2.24, 2.45) is 0 Å². The van der Waals surface area contributed by atoms with E-state index in [-0.39, 0.29) is 0 Å². The molecule has 2 heteroatoms. The van der Waals surface area contributed by atoms with E-state index < -0.39 is 0 Å². The molecule has 0 radical (unpaired) electrons. The largest absolute Gasteiger partial charge is 0.193 e. The number of benzene rings is 2. The van der Waals surface area contributed by atoms with Crippen LogP contribution in [0.1, 0.15) is 25.0 Å². The van der Waals surface area contributed by atoms with E-state index in [9.17, 15) is 0 Å². The first-order valence-corrected chi connectivity index (χ1v) is 6.99. The van der Waals surface area contributed by atoms with E-state index in [2.05, 4.69) is 12.1 Å². The van der Waals surface area contributed by atoms with Gasteiger partial charge >= 0.3 is 0 Å². The number of allylic oxidation sites excluding steroid dienone is 2. The Morgan fingerprint density at radius 3 is 1.27 bits per heavy atom. The van der Waals surface area contributed by atoms with Crippen molar-refractivity contribution < 1.29 is 0 Å². The number of hydrogen-bond donors (Lipinski definition) is 0. The van der Waals surface area contributed by atoms with Crippen LogP contribution in [0, 0.1) is 22.7 Å². The fourth-order valence-corrected chi connectivity index (χ4v) is 2.11. The molecule has 0 unspecified atom stereocenters. The van der Waals surface area contributed by atoms with Gasteiger partial charge in [-0.2, -0.15) is 10.5 Å². The maximum absolute atomic E-state index is 8.79. The van der Waals surface area contributed by atoms with Crippen molar-refractivity contribution in [2.45, 2.75) is 13.8 Å². The van der Waals surface area contributed by atoms with E-state index >= 15 is 0 Å². The molecule has 0 aromatic heterocycles. The normalized spacial score (nSPS) is 11.6. The number of hydrogen-bond acceptors (Lipinski definition) is 2. The van der Waals surface area contributed by atoms with Gasteiger partial charge < -0.3 is 0 Å². The number of nitriles is 2. The van der Waals surface area contributed by atoms with Crippen LogP contribution in [0.5, 0.6) is 0 Å². The van der Waals surface area contributed by atoms with Gasteiger partial charge in [-0.25, -0.2) is 0 Å². The van der Waals surface area contributed by atoms with Crippen LogP contribution in [0.25, 0.3) is 23.3 Å². The Labute approximate surface area is 131 Å². The highest BCUT2D eigenvalue weighted by atomic mass is 14.2. The third-order valence-electron chi connectivity index (χ3n) is 3.27. The van der Waals surface area contributed by atoms with Crippen molar-refractivity contribution in [3.05, 3.63) is 70.8 Å². The minimum absolute atomic E-state index is 0.691. The topological polar surface area (TPSA) is 47.6 Å². The molecule has 0 saturated carbocycles. The van der Waals surface area contributed by atoms with Gasteiger partial charge in [0.05, 0.1) is 12.1 Å². The van der Waals surface area contributed by atoms with E-state index in [0.29, 0.717) is 11.1 Å². The van der Waals surface area contributed by atoms with Crippen LogP contribution in [0.4, 0.5) is 0 Å². The molecule has 0 spiro atoms. The first-order valence-electron chi connectivity index (χ1n) is 6.99. The van der Waals surface area contributed by atoms with Crippen molar-refractivity contribution in [3.8, 4) is 23.3 Å². The average Bonchev–Trinajstić information content (AvgIpc) is 2.56. The first-order chi connectivity index (χ1) is 10.6. The third kappa shape index (κ3) is 3.95. The van der Waals surface area contributed by atoms with E-state index in [1.54, 1.807) is 13.8 Å². The molecule has 0 fully saturated rings. The molecular weight excluding hydrogens is 268 g/mol. The quantitative estimate of drug-likeness (QED) is 0.726. The Kier molecular flexibility index (Phi) is 4.91. The van der Waals surface area contributed by atoms with Crippen LogP contribution in [-0.4, -0.2) is 0 Å². The molecule has 2 rings (SSSR count). The van der Waals surface area contributed by atoms with Crippen molar-refractivity contribution in [3.63, 3.8) is 0 Å². The van der Waals surface area contributed by atoms with Crippen molar-refractivity contribution in [1.29, 1.82) is 10.5 Å². The third-order valence-corrected chi connectivity index (χ3v) is 3.27. The van der Waals surface area contributed by atoms with Crippen molar-refractivity contribution >= 4 is 12.2 Å². The summed E-state index contributed by atoms with van der Waals surface area (Å²) in [5.41, 5.74) is 5.67. The van der Waals surface area contributed by atoms with Gasteiger partial charge in [-0.05, 0) is 48.3 Å². The van der Waals surface area contributed by atoms with Crippen LogP contribution < -0.4 is 0 Å². The van der Waals surface area contributed by atoms with Crippen LogP contribution in [0.15, 0.2) is 59.7 Å². The monoisotopic (exact) mass is 284 g/mol. The lowest BCUT2D eigenvalue weighted by Crippen LogP contribution is -1.81. The van der Waals surface area contributed by atoms with Gasteiger partial charge in [0.1, 0.15) is 0 Å². The van der Waals surface area contributed by atoms with Gasteiger partial charge in [-0.3, -0.25) is 0 Å². The van der Waals surface area contributed by atoms with Crippen molar-refractivity contribution in [2.75, 3.05) is 0 Å². The standard InChI is InChI=1S/C20H16N2/c1-15(13-21)11-17-3-7-19(8-4-17)20-9-5-18(6-10-20)12-16(2)14-22/h3-12H,1-2H3/b15-11-,16-12-. The predicted octanol–water partition coefficient (Wildman–Crippen LogP) is 5.21. The van der Waals surface area contributed by atoms with Crippen molar-refractivity contribution in [1.82, 2.24) is 0 Å². The number of rotatable bonds is 3. The maximum atomic E-state index is 8.79. The molecular formula is C20H16N2. The van der Waals surface area contributed by atoms with Crippen LogP contribution in [0.2, 0.25) is 0 Å². The minimum Gasteiger partial charge on any atom is -0.193 e. The highest BCUT2D eigenvalue weighted by Gasteiger charge is 1.98. The van der Waals surface area contributed by atoms with Gasteiger partial charge in [0.15, 0.2) is 0 Å². The second kappa shape index (κ2) is 7.07. The summed E-state index contributed by atoms with van der Waals surface area (Å²) in [5.74, 6) is 0. The molecule has 22 heavy (non-hydrogen) atoms. The molecule has 0 heterocycles. The lowest BCUT2D eigenvalue weighted by atomic mass is 10.0. The van der Waals surface area contributed by atoms with E-state index in [1.807, 2.05) is 60.7 Å². The van der Waals surface area contributed by atoms with Crippen LogP contribution in [-0.2, 0) is 0 Å². The molecule has 2 nitrogen and oxygen atoms in total. The molecule has 0 amide bonds. The lowest BCUT2D eigenvalue weighted by molar-refractivity contribution is 1.45. The summed E-state index contributed by atoms with van der Waals surface area (Å²) < 4.78 is 0. The highest BCUT2D eigenvalue weighted by Crippen LogP contribution is 2.22. The Morgan fingerprint density at radius 2 is 1.00 bits per heavy atom. The summed E-state index contributed by atoms with van der Waals surface area (Å²) in [7, 11) is 0. The molecule has 0 N–H and O–H groups in total. The summed E-state index contributed by atoms with van der Waals surface area (Å²) in [6.07, 6.45) is 3.73. The zero-order chi connectivity index (χ0) is 15.9. The molecule has 0 aliphatic carbocycles. The first kappa shape index (κ1) is 15.3. The maximum Gasteiger partial charge on any atom is 0.0944 e. The summed E-state index contributed by atoms with van der Waals surface area (Å²) in [6, 6.07) is 20.4. The molecule has 0 aliphatic heterocycles. The molecule has 2 aromatic rings. The molecule has 0 aliphatic rings. The molecule has 0 saturated heterocycles. The minimum atomic E-state index is 0.691. The molecule has 0 atom stereocenters. The van der Waals surface area contributed by atoms with Crippen LogP contribution in [0.3, 0.4) is 0 Å². The van der Waals surface area contributed by atoms with E-state index in [4.69, 9.17) is 10.5 Å². The summed E-state index contributed by atoms with van der Waals surface area (Å²) >= 11 is 0. The summed E-state index contributed by atoms with van der Waals surface area (Å²) in [5, 5.41) is 17.6. The Morgan fingerprint density at radius 1 is 0.682 bits per heavy atom. The lowest BCUT2D eigenvalue weighted by Gasteiger charge is -2.03. The second-order valence-corrected chi connectivity index (χ2v) is 5.12. The Hall–Kier alpha value is -3.10. The smallest absolute Gasteiger partial charge is 0.0944 e. The fourth-order valence-electron chi connectivity index (χ4n) is 2.11. The fraction of sp³-hybridized carbons (Fsp3) is 0.100. The average molecular weight is 284 g/mol. The van der Waals surface area contributed by atoms with Gasteiger partial charge in [0.25, 0.3) is 0 Å². The van der Waals surface area contributed by atoms with Gasteiger partial charge in [0.2, 0.25) is 0 Å². The second-order valence-electron chi connectivity index (χ2n) is 5.12. The molecule has 106 valence electrons. The van der Waals surface area contributed by atoms with Gasteiger partial charge in [-0.15, -0.1) is 0 Å². The summed E-state index contributed by atoms with van der Waals surface area (Å²) in [6.45, 7) is 3.59. The zero-order valence-electron chi connectivity index (χ0n) is 12.7. The highest BCUT2D eigenvalue weighted by molar-refractivity contribution is 5.68. The Balaban J connectivity index is 2.23. The number of nitrogens with zero attached hydrogens (tertiary/aromatic N) is 2. The molecule has 0 bridgehead atoms. The van der Waals surface area contributed by atoms with E-state index in [0.717, 1.165) is 22.3 Å². The summed E-state index contributed by atoms with van der Waals surface area (Å²) in [4.78, 5) is 0. The molecule has 2 aromatic carbocycles. The van der Waals surface area contributed by atoms with Gasteiger partial charge in [0, 0.05) is 11.1 Å². The SMILES string of the molecule is C/C(C#N)=C/c1ccc(-c2ccc(/C=C(/C)C#N)cc2)cc1.